The molecule has 0 atom stereocenters. The molecule has 3 rings (SSSR count). The molecule has 2 heterocycles. The summed E-state index contributed by atoms with van der Waals surface area (Å²) in [6.07, 6.45) is 3.59. The van der Waals surface area contributed by atoms with Crippen LogP contribution in [0.15, 0.2) is 47.2 Å². The molecule has 0 unspecified atom stereocenters. The highest BCUT2D eigenvalue weighted by molar-refractivity contribution is 5.74. The molecule has 0 bridgehead atoms. The minimum Gasteiger partial charge on any atom is -0.361 e. The van der Waals surface area contributed by atoms with Crippen LogP contribution in [0.4, 0.5) is 4.79 Å². The smallest absolute Gasteiger partial charge is 0.315 e. The van der Waals surface area contributed by atoms with E-state index in [1.165, 1.54) is 0 Å². The highest BCUT2D eigenvalue weighted by Gasteiger charge is 2.11. The molecule has 0 aliphatic carbocycles. The molecule has 2 aromatic heterocycles. The predicted octanol–water partition coefficient (Wildman–Crippen LogP) is 2.48. The Balaban J connectivity index is 1.59. The van der Waals surface area contributed by atoms with Gasteiger partial charge >= 0.3 is 6.03 Å². The number of carbonyl (C=O) groups excluding carboxylic acids is 1. The molecule has 0 aliphatic heterocycles. The Kier molecular flexibility index (Phi) is 4.60. The number of aromatic nitrogens is 3. The van der Waals surface area contributed by atoms with Crippen LogP contribution in [0.25, 0.3) is 5.69 Å². The number of nitrogens with one attached hydrogen (secondary N) is 2. The van der Waals surface area contributed by atoms with E-state index in [9.17, 15) is 4.79 Å². The van der Waals surface area contributed by atoms with Crippen molar-refractivity contribution in [1.29, 1.82) is 0 Å². The van der Waals surface area contributed by atoms with Gasteiger partial charge < -0.3 is 15.2 Å². The first kappa shape index (κ1) is 15.8. The lowest BCUT2D eigenvalue weighted by atomic mass is 10.2. The van der Waals surface area contributed by atoms with Crippen LogP contribution >= 0.6 is 0 Å². The van der Waals surface area contributed by atoms with Crippen molar-refractivity contribution in [1.82, 2.24) is 25.6 Å². The maximum absolute atomic E-state index is 12.0. The summed E-state index contributed by atoms with van der Waals surface area (Å²) < 4.78 is 6.86. The van der Waals surface area contributed by atoms with Gasteiger partial charge in [-0.25, -0.2) is 9.48 Å². The second-order valence-corrected chi connectivity index (χ2v) is 5.42. The van der Waals surface area contributed by atoms with Gasteiger partial charge in [-0.3, -0.25) is 0 Å². The molecule has 124 valence electrons. The van der Waals surface area contributed by atoms with E-state index in [0.717, 1.165) is 28.3 Å². The van der Waals surface area contributed by atoms with E-state index in [1.807, 2.05) is 50.4 Å². The van der Waals surface area contributed by atoms with Crippen molar-refractivity contribution in [2.45, 2.75) is 26.9 Å². The van der Waals surface area contributed by atoms with Crippen molar-refractivity contribution < 1.29 is 9.32 Å². The molecule has 0 saturated carbocycles. The van der Waals surface area contributed by atoms with Gasteiger partial charge in [0.2, 0.25) is 0 Å². The van der Waals surface area contributed by atoms with Gasteiger partial charge in [0, 0.05) is 31.0 Å². The van der Waals surface area contributed by atoms with E-state index in [0.29, 0.717) is 13.1 Å². The number of hydrogen-bond donors (Lipinski definition) is 2. The molecule has 2 amide bonds. The minimum absolute atomic E-state index is 0.245. The summed E-state index contributed by atoms with van der Waals surface area (Å²) in [5, 5.41) is 13.8. The molecule has 24 heavy (non-hydrogen) atoms. The Morgan fingerprint density at radius 3 is 2.67 bits per heavy atom. The zero-order chi connectivity index (χ0) is 16.9. The molecular formula is C17H19N5O2. The molecule has 0 radical (unpaired) electrons. The van der Waals surface area contributed by atoms with Crippen LogP contribution in [0, 0.1) is 13.8 Å². The number of urea groups is 1. The highest BCUT2D eigenvalue weighted by atomic mass is 16.5. The maximum Gasteiger partial charge on any atom is 0.315 e. The van der Waals surface area contributed by atoms with Gasteiger partial charge in [-0.05, 0) is 31.5 Å². The summed E-state index contributed by atoms with van der Waals surface area (Å²) in [4.78, 5) is 12.0. The fourth-order valence-electron chi connectivity index (χ4n) is 2.46. The number of aryl methyl sites for hydroxylation is 2. The van der Waals surface area contributed by atoms with Crippen LogP contribution in [0.2, 0.25) is 0 Å². The van der Waals surface area contributed by atoms with Gasteiger partial charge in [0.1, 0.15) is 5.76 Å². The van der Waals surface area contributed by atoms with Gasteiger partial charge in [-0.1, -0.05) is 23.4 Å². The lowest BCUT2D eigenvalue weighted by molar-refractivity contribution is 0.240. The Bertz CT molecular complexity index is 804. The lowest BCUT2D eigenvalue weighted by Gasteiger charge is -2.11. The first-order chi connectivity index (χ1) is 11.6. The largest absolute Gasteiger partial charge is 0.361 e. The third-order valence-electron chi connectivity index (χ3n) is 3.79. The molecule has 0 saturated heterocycles. The van der Waals surface area contributed by atoms with Crippen molar-refractivity contribution in [3.8, 4) is 5.69 Å². The van der Waals surface area contributed by atoms with Crippen LogP contribution in [0.3, 0.4) is 0 Å². The van der Waals surface area contributed by atoms with Crippen molar-refractivity contribution in [2.75, 3.05) is 0 Å². The Morgan fingerprint density at radius 1 is 1.17 bits per heavy atom. The van der Waals surface area contributed by atoms with E-state index in [1.54, 1.807) is 10.9 Å². The number of rotatable bonds is 5. The summed E-state index contributed by atoms with van der Waals surface area (Å²) in [5.74, 6) is 0.719. The van der Waals surface area contributed by atoms with Crippen molar-refractivity contribution in [2.24, 2.45) is 0 Å². The zero-order valence-corrected chi connectivity index (χ0v) is 13.6. The number of para-hydroxylation sites is 1. The van der Waals surface area contributed by atoms with Gasteiger partial charge in [-0.15, -0.1) is 0 Å². The number of amides is 2. The van der Waals surface area contributed by atoms with E-state index in [-0.39, 0.29) is 6.03 Å². The third-order valence-corrected chi connectivity index (χ3v) is 3.79. The van der Waals surface area contributed by atoms with Gasteiger partial charge in [0.25, 0.3) is 0 Å². The molecule has 1 aromatic carbocycles. The maximum atomic E-state index is 12.0. The molecule has 2 N–H and O–H groups in total. The van der Waals surface area contributed by atoms with Crippen molar-refractivity contribution >= 4 is 6.03 Å². The van der Waals surface area contributed by atoms with Crippen LogP contribution in [-0.2, 0) is 13.1 Å². The molecule has 0 fully saturated rings. The van der Waals surface area contributed by atoms with E-state index >= 15 is 0 Å². The summed E-state index contributed by atoms with van der Waals surface area (Å²) in [7, 11) is 0. The van der Waals surface area contributed by atoms with Crippen LogP contribution in [0.5, 0.6) is 0 Å². The average molecular weight is 325 g/mol. The molecule has 7 heteroatoms. The average Bonchev–Trinajstić information content (AvgIpc) is 3.22. The molecule has 3 aromatic rings. The normalized spacial score (nSPS) is 10.6. The van der Waals surface area contributed by atoms with E-state index in [2.05, 4.69) is 20.9 Å². The van der Waals surface area contributed by atoms with Crippen LogP contribution < -0.4 is 10.6 Å². The third kappa shape index (κ3) is 3.45. The molecular weight excluding hydrogens is 306 g/mol. The fraction of sp³-hybridized carbons (Fsp3) is 0.235. The van der Waals surface area contributed by atoms with Crippen molar-refractivity contribution in [3.05, 3.63) is 65.3 Å². The number of hydrogen-bond acceptors (Lipinski definition) is 4. The zero-order valence-electron chi connectivity index (χ0n) is 13.6. The SMILES string of the molecule is Cc1noc(C)c1CNC(=O)NCc1ccccc1-n1cccn1. The highest BCUT2D eigenvalue weighted by Crippen LogP contribution is 2.13. The van der Waals surface area contributed by atoms with Crippen LogP contribution in [-0.4, -0.2) is 21.0 Å². The summed E-state index contributed by atoms with van der Waals surface area (Å²) in [6, 6.07) is 9.42. The van der Waals surface area contributed by atoms with Gasteiger partial charge in [-0.2, -0.15) is 5.10 Å². The Hall–Kier alpha value is -3.09. The van der Waals surface area contributed by atoms with Gasteiger partial charge in [0.15, 0.2) is 0 Å². The lowest BCUT2D eigenvalue weighted by Crippen LogP contribution is -2.35. The molecule has 0 aliphatic rings. The second kappa shape index (κ2) is 6.99. The summed E-state index contributed by atoms with van der Waals surface area (Å²) in [6.45, 7) is 4.47. The number of benzene rings is 1. The van der Waals surface area contributed by atoms with Crippen molar-refractivity contribution in [3.63, 3.8) is 0 Å². The first-order valence-corrected chi connectivity index (χ1v) is 7.66. The van der Waals surface area contributed by atoms with E-state index in [4.69, 9.17) is 4.52 Å². The monoisotopic (exact) mass is 325 g/mol. The Labute approximate surface area is 139 Å². The molecule has 0 spiro atoms. The predicted molar refractivity (Wildman–Crippen MR) is 88.6 cm³/mol. The van der Waals surface area contributed by atoms with Gasteiger partial charge in [0.05, 0.1) is 11.4 Å². The Morgan fingerprint density at radius 2 is 1.96 bits per heavy atom. The number of carbonyl (C=O) groups is 1. The summed E-state index contributed by atoms with van der Waals surface area (Å²) in [5.41, 5.74) is 3.61. The topological polar surface area (TPSA) is 85.0 Å². The van der Waals surface area contributed by atoms with E-state index < -0.39 is 0 Å². The quantitative estimate of drug-likeness (QED) is 0.755. The first-order valence-electron chi connectivity index (χ1n) is 7.66. The second-order valence-electron chi connectivity index (χ2n) is 5.42. The minimum atomic E-state index is -0.245. The molecule has 7 nitrogen and oxygen atoms in total. The van der Waals surface area contributed by atoms with Crippen LogP contribution in [0.1, 0.15) is 22.6 Å². The number of nitrogens with zero attached hydrogens (tertiary/aromatic N) is 3. The fourth-order valence-corrected chi connectivity index (χ4v) is 2.46. The summed E-state index contributed by atoms with van der Waals surface area (Å²) >= 11 is 0. The standard InChI is InChI=1S/C17H19N5O2/c1-12-15(13(2)24-21-12)11-19-17(23)18-10-14-6-3-4-7-16(14)22-9-5-8-20-22/h3-9H,10-11H2,1-2H3,(H2,18,19,23).